The topological polar surface area (TPSA) is 77.0 Å². The molecule has 0 spiro atoms. The van der Waals surface area contributed by atoms with Gasteiger partial charge in [0.05, 0.1) is 23.6 Å². The maximum Gasteiger partial charge on any atom is 0.244 e. The summed E-state index contributed by atoms with van der Waals surface area (Å²) in [5.74, 6) is 0.684. The number of ether oxygens (including phenoxy) is 1. The second kappa shape index (κ2) is 8.22. The second-order valence-electron chi connectivity index (χ2n) is 7.04. The van der Waals surface area contributed by atoms with Gasteiger partial charge in [0.15, 0.2) is 0 Å². The first-order valence-electron chi connectivity index (χ1n) is 9.55. The van der Waals surface area contributed by atoms with Gasteiger partial charge < -0.3 is 10.1 Å². The molecule has 0 saturated carbocycles. The summed E-state index contributed by atoms with van der Waals surface area (Å²) < 4.78 is 6.19. The Bertz CT molecular complexity index is 1060. The van der Waals surface area contributed by atoms with Gasteiger partial charge in [-0.15, -0.1) is 0 Å². The molecule has 1 atom stereocenters. The normalized spacial score (nSPS) is 15.2. The van der Waals surface area contributed by atoms with Gasteiger partial charge in [-0.2, -0.15) is 0 Å². The molecule has 0 saturated heterocycles. The average Bonchev–Trinajstić information content (AvgIpc) is 3.16. The van der Waals surface area contributed by atoms with E-state index in [-0.39, 0.29) is 12.0 Å². The van der Waals surface area contributed by atoms with Crippen molar-refractivity contribution in [2.24, 2.45) is 0 Å². The minimum atomic E-state index is -0.151. The van der Waals surface area contributed by atoms with Crippen LogP contribution in [0.1, 0.15) is 22.5 Å². The van der Waals surface area contributed by atoms with Gasteiger partial charge in [0.2, 0.25) is 5.91 Å². The number of fused-ring (bicyclic) bond motifs is 1. The van der Waals surface area contributed by atoms with Crippen LogP contribution in [0.25, 0.3) is 17.3 Å². The number of para-hydroxylation sites is 1. The number of pyridine rings is 1. The summed E-state index contributed by atoms with van der Waals surface area (Å²) in [6, 6.07) is 9.77. The van der Waals surface area contributed by atoms with Crippen LogP contribution in [-0.4, -0.2) is 33.5 Å². The first kappa shape index (κ1) is 18.8. The van der Waals surface area contributed by atoms with Gasteiger partial charge in [-0.3, -0.25) is 14.8 Å². The number of aromatic nitrogens is 3. The largest absolute Gasteiger partial charge is 0.487 e. The molecule has 3 aromatic rings. The molecule has 3 heterocycles. The Morgan fingerprint density at radius 1 is 1.24 bits per heavy atom. The summed E-state index contributed by atoms with van der Waals surface area (Å²) in [5, 5.41) is 2.92. The van der Waals surface area contributed by atoms with E-state index >= 15 is 0 Å². The Kier molecular flexibility index (Phi) is 5.33. The van der Waals surface area contributed by atoms with E-state index in [9.17, 15) is 4.79 Å². The van der Waals surface area contributed by atoms with Crippen LogP contribution in [0.2, 0.25) is 0 Å². The summed E-state index contributed by atoms with van der Waals surface area (Å²) in [4.78, 5) is 25.2. The SMILES string of the molecule is Cc1cnc(C)c(-c2cccc3c2OC(CNC(=O)C=Cc2ccncc2)C3)n1. The maximum atomic E-state index is 12.1. The number of benzene rings is 1. The number of carbonyl (C=O) groups excluding carboxylic acids is 1. The third-order valence-electron chi connectivity index (χ3n) is 4.80. The highest BCUT2D eigenvalue weighted by Crippen LogP contribution is 2.38. The third kappa shape index (κ3) is 4.32. The molecule has 0 radical (unpaired) electrons. The van der Waals surface area contributed by atoms with Gasteiger partial charge in [0.25, 0.3) is 0 Å². The van der Waals surface area contributed by atoms with Crippen LogP contribution in [0, 0.1) is 13.8 Å². The first-order valence-corrected chi connectivity index (χ1v) is 9.55. The van der Waals surface area contributed by atoms with Crippen molar-refractivity contribution in [2.75, 3.05) is 6.54 Å². The molecular formula is C23H22N4O2. The van der Waals surface area contributed by atoms with Crippen molar-refractivity contribution < 1.29 is 9.53 Å². The van der Waals surface area contributed by atoms with Gasteiger partial charge >= 0.3 is 0 Å². The highest BCUT2D eigenvalue weighted by molar-refractivity contribution is 5.91. The quantitative estimate of drug-likeness (QED) is 0.681. The molecule has 29 heavy (non-hydrogen) atoms. The van der Waals surface area contributed by atoms with Crippen molar-refractivity contribution in [3.63, 3.8) is 0 Å². The maximum absolute atomic E-state index is 12.1. The van der Waals surface area contributed by atoms with Crippen molar-refractivity contribution in [1.29, 1.82) is 0 Å². The lowest BCUT2D eigenvalue weighted by atomic mass is 10.0. The molecule has 0 bridgehead atoms. The van der Waals surface area contributed by atoms with Crippen LogP contribution in [0.5, 0.6) is 5.75 Å². The van der Waals surface area contributed by atoms with Gasteiger partial charge in [0, 0.05) is 36.7 Å². The predicted molar refractivity (Wildman–Crippen MR) is 111 cm³/mol. The van der Waals surface area contributed by atoms with Crippen LogP contribution < -0.4 is 10.1 Å². The van der Waals surface area contributed by atoms with Crippen LogP contribution in [0.4, 0.5) is 0 Å². The van der Waals surface area contributed by atoms with E-state index in [1.165, 1.54) is 6.08 Å². The van der Waals surface area contributed by atoms with E-state index < -0.39 is 0 Å². The molecule has 146 valence electrons. The number of amides is 1. The molecule has 1 aliphatic heterocycles. The van der Waals surface area contributed by atoms with E-state index in [1.807, 2.05) is 38.1 Å². The Morgan fingerprint density at radius 2 is 2.07 bits per heavy atom. The molecule has 1 amide bonds. The van der Waals surface area contributed by atoms with E-state index in [1.54, 1.807) is 24.7 Å². The summed E-state index contributed by atoms with van der Waals surface area (Å²) in [6.45, 7) is 4.31. The zero-order valence-electron chi connectivity index (χ0n) is 16.4. The van der Waals surface area contributed by atoms with Crippen LogP contribution >= 0.6 is 0 Å². The Morgan fingerprint density at radius 3 is 2.90 bits per heavy atom. The average molecular weight is 386 g/mol. The highest BCUT2D eigenvalue weighted by atomic mass is 16.5. The number of hydrogen-bond acceptors (Lipinski definition) is 5. The highest BCUT2D eigenvalue weighted by Gasteiger charge is 2.27. The van der Waals surface area contributed by atoms with Crippen molar-refractivity contribution in [2.45, 2.75) is 26.4 Å². The molecule has 2 aromatic heterocycles. The second-order valence-corrected chi connectivity index (χ2v) is 7.04. The first-order chi connectivity index (χ1) is 14.1. The number of nitrogens with zero attached hydrogens (tertiary/aromatic N) is 3. The monoisotopic (exact) mass is 386 g/mol. The standard InChI is InChI=1S/C23H22N4O2/c1-15-13-25-16(2)22(27-15)20-5-3-4-18-12-19(29-23(18)20)14-26-21(28)7-6-17-8-10-24-11-9-17/h3-11,13,19H,12,14H2,1-2H3,(H,26,28). The molecule has 1 aliphatic rings. The zero-order chi connectivity index (χ0) is 20.2. The van der Waals surface area contributed by atoms with Crippen molar-refractivity contribution in [3.05, 3.63) is 77.5 Å². The van der Waals surface area contributed by atoms with Crippen molar-refractivity contribution in [1.82, 2.24) is 20.3 Å². The Hall–Kier alpha value is -3.54. The summed E-state index contributed by atoms with van der Waals surface area (Å²) in [6.07, 6.45) is 9.07. The van der Waals surface area contributed by atoms with E-state index in [0.717, 1.165) is 45.9 Å². The molecule has 0 aliphatic carbocycles. The lowest BCUT2D eigenvalue weighted by molar-refractivity contribution is -0.116. The predicted octanol–water partition coefficient (Wildman–Crippen LogP) is 3.29. The van der Waals surface area contributed by atoms with E-state index in [4.69, 9.17) is 4.74 Å². The smallest absolute Gasteiger partial charge is 0.244 e. The number of rotatable bonds is 5. The fourth-order valence-corrected chi connectivity index (χ4v) is 3.35. The van der Waals surface area contributed by atoms with Gasteiger partial charge in [-0.1, -0.05) is 12.1 Å². The van der Waals surface area contributed by atoms with E-state index in [2.05, 4.69) is 26.3 Å². The number of carbonyl (C=O) groups is 1. The fraction of sp³-hybridized carbons (Fsp3) is 0.217. The molecule has 4 rings (SSSR count). The zero-order valence-corrected chi connectivity index (χ0v) is 16.4. The van der Waals surface area contributed by atoms with Crippen molar-refractivity contribution in [3.8, 4) is 17.0 Å². The summed E-state index contributed by atoms with van der Waals surface area (Å²) >= 11 is 0. The summed E-state index contributed by atoms with van der Waals surface area (Å²) in [7, 11) is 0. The minimum absolute atomic E-state index is 0.109. The van der Waals surface area contributed by atoms with Crippen LogP contribution in [0.15, 0.2) is 55.0 Å². The Balaban J connectivity index is 1.42. The van der Waals surface area contributed by atoms with Crippen LogP contribution in [-0.2, 0) is 11.2 Å². The van der Waals surface area contributed by atoms with Gasteiger partial charge in [-0.25, -0.2) is 4.98 Å². The molecule has 0 fully saturated rings. The number of nitrogens with one attached hydrogen (secondary N) is 1. The van der Waals surface area contributed by atoms with Crippen molar-refractivity contribution >= 4 is 12.0 Å². The molecular weight excluding hydrogens is 364 g/mol. The lowest BCUT2D eigenvalue weighted by Gasteiger charge is -2.13. The number of aryl methyl sites for hydroxylation is 2. The Labute approximate surface area is 169 Å². The lowest BCUT2D eigenvalue weighted by Crippen LogP contribution is -2.33. The minimum Gasteiger partial charge on any atom is -0.487 e. The molecule has 1 aromatic carbocycles. The molecule has 1 N–H and O–H groups in total. The van der Waals surface area contributed by atoms with Gasteiger partial charge in [-0.05, 0) is 49.2 Å². The molecule has 6 nitrogen and oxygen atoms in total. The fourth-order valence-electron chi connectivity index (χ4n) is 3.35. The van der Waals surface area contributed by atoms with Crippen LogP contribution in [0.3, 0.4) is 0 Å². The number of hydrogen-bond donors (Lipinski definition) is 1. The molecule has 1 unspecified atom stereocenters. The summed E-state index contributed by atoms with van der Waals surface area (Å²) in [5.41, 5.74) is 5.57. The van der Waals surface area contributed by atoms with Gasteiger partial charge in [0.1, 0.15) is 11.9 Å². The molecule has 6 heteroatoms. The third-order valence-corrected chi connectivity index (χ3v) is 4.80. The van der Waals surface area contributed by atoms with E-state index in [0.29, 0.717) is 6.54 Å².